The molecular weight excluding hydrogens is 249 g/mol. The zero-order chi connectivity index (χ0) is 13.3. The Balaban J connectivity index is 2.43. The minimum absolute atomic E-state index is 0.290. The average molecular weight is 260 g/mol. The monoisotopic (exact) mass is 260 g/mol. The summed E-state index contributed by atoms with van der Waals surface area (Å²) in [6.07, 6.45) is -2.83. The van der Waals surface area contributed by atoms with Gasteiger partial charge in [-0.15, -0.1) is 0 Å². The zero-order valence-electron chi connectivity index (χ0n) is 9.37. The average Bonchev–Trinajstić information content (AvgIpc) is 2.80. The third-order valence-corrected chi connectivity index (χ3v) is 2.82. The lowest BCUT2D eigenvalue weighted by atomic mass is 10.2. The number of carboxylic acid groups (broad SMARTS) is 1. The van der Waals surface area contributed by atoms with Gasteiger partial charge < -0.3 is 10.0 Å². The Kier molecular flexibility index (Phi) is 3.14. The van der Waals surface area contributed by atoms with Crippen molar-refractivity contribution in [2.24, 2.45) is 0 Å². The third kappa shape index (κ3) is 2.39. The first kappa shape index (κ1) is 12.7. The van der Waals surface area contributed by atoms with Gasteiger partial charge in [0.15, 0.2) is 5.69 Å². The van der Waals surface area contributed by atoms with Crippen molar-refractivity contribution in [3.05, 3.63) is 23.4 Å². The first-order valence-corrected chi connectivity index (χ1v) is 5.46. The van der Waals surface area contributed by atoms with Crippen molar-refractivity contribution in [3.63, 3.8) is 0 Å². The van der Waals surface area contributed by atoms with Crippen LogP contribution < -0.4 is 4.90 Å². The summed E-state index contributed by atoms with van der Waals surface area (Å²) in [5.74, 6) is -1.37. The summed E-state index contributed by atoms with van der Waals surface area (Å²) in [4.78, 5) is 16.3. The van der Waals surface area contributed by atoms with Crippen LogP contribution in [0.1, 0.15) is 28.9 Å². The van der Waals surface area contributed by atoms with E-state index in [0.717, 1.165) is 18.9 Å². The number of carboxylic acids is 1. The normalized spacial score (nSPS) is 16.1. The van der Waals surface area contributed by atoms with E-state index in [1.807, 2.05) is 0 Å². The number of pyridine rings is 1. The number of nitrogens with zero attached hydrogens (tertiary/aromatic N) is 2. The van der Waals surface area contributed by atoms with Crippen molar-refractivity contribution in [2.75, 3.05) is 18.0 Å². The second kappa shape index (κ2) is 4.47. The predicted octanol–water partition coefficient (Wildman–Crippen LogP) is 2.40. The Morgan fingerprint density at radius 3 is 2.39 bits per heavy atom. The number of aromatic carboxylic acids is 1. The standard InChI is InChI=1S/C11H11F3N2O2/c12-11(13,14)7-3-4-8(15-9(7)10(17)18)16-5-1-2-6-16/h3-4H,1-2,5-6H2,(H,17,18). The Hall–Kier alpha value is -1.79. The molecule has 7 heteroatoms. The molecule has 1 N–H and O–H groups in total. The van der Waals surface area contributed by atoms with E-state index in [9.17, 15) is 18.0 Å². The summed E-state index contributed by atoms with van der Waals surface area (Å²) in [5.41, 5.74) is -2.15. The summed E-state index contributed by atoms with van der Waals surface area (Å²) in [6, 6.07) is 2.00. The highest BCUT2D eigenvalue weighted by atomic mass is 19.4. The zero-order valence-corrected chi connectivity index (χ0v) is 9.37. The molecule has 1 fully saturated rings. The fraction of sp³-hybridized carbons (Fsp3) is 0.455. The van der Waals surface area contributed by atoms with E-state index in [4.69, 9.17) is 5.11 Å². The van der Waals surface area contributed by atoms with Gasteiger partial charge in [-0.3, -0.25) is 0 Å². The molecule has 0 aliphatic carbocycles. The molecule has 0 bridgehead atoms. The molecule has 18 heavy (non-hydrogen) atoms. The molecule has 1 aromatic rings. The summed E-state index contributed by atoms with van der Waals surface area (Å²) in [7, 11) is 0. The molecule has 0 aromatic carbocycles. The number of rotatable bonds is 2. The van der Waals surface area contributed by atoms with Crippen molar-refractivity contribution >= 4 is 11.8 Å². The maximum atomic E-state index is 12.6. The molecule has 1 aliphatic rings. The van der Waals surface area contributed by atoms with Crippen LogP contribution >= 0.6 is 0 Å². The van der Waals surface area contributed by atoms with Crippen molar-refractivity contribution in [1.29, 1.82) is 0 Å². The SMILES string of the molecule is O=C(O)c1nc(N2CCCC2)ccc1C(F)(F)F. The van der Waals surface area contributed by atoms with Crippen LogP contribution in [0.3, 0.4) is 0 Å². The summed E-state index contributed by atoms with van der Waals surface area (Å²) in [5, 5.41) is 8.82. The van der Waals surface area contributed by atoms with Gasteiger partial charge in [-0.2, -0.15) is 13.2 Å². The maximum Gasteiger partial charge on any atom is 0.418 e. The molecule has 1 aromatic heterocycles. The van der Waals surface area contributed by atoms with Crippen molar-refractivity contribution in [1.82, 2.24) is 4.98 Å². The van der Waals surface area contributed by atoms with E-state index in [-0.39, 0.29) is 5.82 Å². The lowest BCUT2D eigenvalue weighted by Crippen LogP contribution is -2.22. The largest absolute Gasteiger partial charge is 0.476 e. The van der Waals surface area contributed by atoms with Crippen molar-refractivity contribution in [2.45, 2.75) is 19.0 Å². The Bertz CT molecular complexity index is 468. The Morgan fingerprint density at radius 2 is 1.89 bits per heavy atom. The highest BCUT2D eigenvalue weighted by molar-refractivity contribution is 5.88. The van der Waals surface area contributed by atoms with Crippen LogP contribution in [0.5, 0.6) is 0 Å². The molecule has 2 rings (SSSR count). The van der Waals surface area contributed by atoms with E-state index < -0.39 is 23.4 Å². The molecular formula is C11H11F3N2O2. The number of carbonyl (C=O) groups is 1. The molecule has 0 amide bonds. The number of anilines is 1. The highest BCUT2D eigenvalue weighted by Gasteiger charge is 2.36. The summed E-state index contributed by atoms with van der Waals surface area (Å²) < 4.78 is 37.8. The maximum absolute atomic E-state index is 12.6. The molecule has 0 atom stereocenters. The van der Waals surface area contributed by atoms with E-state index in [2.05, 4.69) is 4.98 Å². The molecule has 0 unspecified atom stereocenters. The smallest absolute Gasteiger partial charge is 0.418 e. The van der Waals surface area contributed by atoms with Crippen LogP contribution in [-0.4, -0.2) is 29.1 Å². The van der Waals surface area contributed by atoms with Gasteiger partial charge in [0.05, 0.1) is 5.56 Å². The second-order valence-corrected chi connectivity index (χ2v) is 4.06. The number of hydrogen-bond donors (Lipinski definition) is 1. The molecule has 1 aliphatic heterocycles. The van der Waals surface area contributed by atoms with Crippen LogP contribution in [-0.2, 0) is 6.18 Å². The van der Waals surface area contributed by atoms with Crippen LogP contribution in [0.2, 0.25) is 0 Å². The van der Waals surface area contributed by atoms with Crippen LogP contribution in [0, 0.1) is 0 Å². The fourth-order valence-corrected chi connectivity index (χ4v) is 1.96. The Morgan fingerprint density at radius 1 is 1.28 bits per heavy atom. The van der Waals surface area contributed by atoms with Crippen molar-refractivity contribution in [3.8, 4) is 0 Å². The van der Waals surface area contributed by atoms with Gasteiger partial charge >= 0.3 is 12.1 Å². The molecule has 1 saturated heterocycles. The number of halogens is 3. The van der Waals surface area contributed by atoms with Gasteiger partial charge in [0.1, 0.15) is 5.82 Å². The fourth-order valence-electron chi connectivity index (χ4n) is 1.96. The lowest BCUT2D eigenvalue weighted by Gasteiger charge is -2.18. The van der Waals surface area contributed by atoms with Gasteiger partial charge in [0, 0.05) is 13.1 Å². The van der Waals surface area contributed by atoms with E-state index in [1.54, 1.807) is 4.90 Å². The van der Waals surface area contributed by atoms with Gasteiger partial charge in [-0.1, -0.05) is 0 Å². The van der Waals surface area contributed by atoms with Crippen molar-refractivity contribution < 1.29 is 23.1 Å². The molecule has 0 saturated carbocycles. The van der Waals surface area contributed by atoms with Gasteiger partial charge in [-0.05, 0) is 25.0 Å². The van der Waals surface area contributed by atoms with E-state index in [0.29, 0.717) is 13.1 Å². The topological polar surface area (TPSA) is 53.4 Å². The molecule has 98 valence electrons. The van der Waals surface area contributed by atoms with Crippen LogP contribution in [0.4, 0.5) is 19.0 Å². The van der Waals surface area contributed by atoms with Gasteiger partial charge in [0.25, 0.3) is 0 Å². The van der Waals surface area contributed by atoms with Crippen LogP contribution in [0.15, 0.2) is 12.1 Å². The lowest BCUT2D eigenvalue weighted by molar-refractivity contribution is -0.138. The molecule has 4 nitrogen and oxygen atoms in total. The predicted molar refractivity (Wildman–Crippen MR) is 57.6 cm³/mol. The first-order chi connectivity index (χ1) is 8.39. The van der Waals surface area contributed by atoms with E-state index in [1.165, 1.54) is 6.07 Å². The third-order valence-electron chi connectivity index (χ3n) is 2.82. The molecule has 2 heterocycles. The molecule has 0 radical (unpaired) electrons. The Labute approximate surface area is 101 Å². The van der Waals surface area contributed by atoms with E-state index >= 15 is 0 Å². The first-order valence-electron chi connectivity index (χ1n) is 5.46. The minimum atomic E-state index is -4.70. The number of hydrogen-bond acceptors (Lipinski definition) is 3. The minimum Gasteiger partial charge on any atom is -0.476 e. The highest BCUT2D eigenvalue weighted by Crippen LogP contribution is 2.32. The number of aromatic nitrogens is 1. The number of alkyl halides is 3. The van der Waals surface area contributed by atoms with Gasteiger partial charge in [-0.25, -0.2) is 9.78 Å². The summed E-state index contributed by atoms with van der Waals surface area (Å²) >= 11 is 0. The molecule has 0 spiro atoms. The second-order valence-electron chi connectivity index (χ2n) is 4.06. The summed E-state index contributed by atoms with van der Waals surface area (Å²) in [6.45, 7) is 1.38. The van der Waals surface area contributed by atoms with Gasteiger partial charge in [0.2, 0.25) is 0 Å². The quantitative estimate of drug-likeness (QED) is 0.887. The van der Waals surface area contributed by atoms with Crippen LogP contribution in [0.25, 0.3) is 0 Å².